The number of hydrogen-bond donors (Lipinski definition) is 1. The van der Waals surface area contributed by atoms with Gasteiger partial charge in [-0.1, -0.05) is 0 Å². The summed E-state index contributed by atoms with van der Waals surface area (Å²) >= 11 is 0. The van der Waals surface area contributed by atoms with Crippen molar-refractivity contribution in [3.8, 4) is 0 Å². The number of rotatable bonds is 7. The van der Waals surface area contributed by atoms with Gasteiger partial charge in [0.2, 0.25) is 0 Å². The molecular weight excluding hydrogens is 278 g/mol. The fourth-order valence-electron chi connectivity index (χ4n) is 3.25. The highest BCUT2D eigenvalue weighted by atomic mass is 16.3. The maximum absolute atomic E-state index is 8.98. The molecule has 1 fully saturated rings. The van der Waals surface area contributed by atoms with Crippen molar-refractivity contribution < 1.29 is 9.52 Å². The third-order valence-electron chi connectivity index (χ3n) is 4.39. The third kappa shape index (κ3) is 3.99. The first-order chi connectivity index (χ1) is 10.8. The fourth-order valence-corrected chi connectivity index (χ4v) is 3.25. The number of nitrogens with zero attached hydrogens (tertiary/aromatic N) is 3. The van der Waals surface area contributed by atoms with Gasteiger partial charge in [-0.2, -0.15) is 5.10 Å². The summed E-state index contributed by atoms with van der Waals surface area (Å²) in [5, 5.41) is 13.6. The Kier molecular flexibility index (Phi) is 5.29. The average Bonchev–Trinajstić information content (AvgIpc) is 3.20. The van der Waals surface area contributed by atoms with E-state index in [-0.39, 0.29) is 6.61 Å². The molecule has 2 aromatic heterocycles. The lowest BCUT2D eigenvalue weighted by Crippen LogP contribution is -2.35. The van der Waals surface area contributed by atoms with Gasteiger partial charge in [-0.05, 0) is 50.6 Å². The fraction of sp³-hybridized carbons (Fsp3) is 0.588. The van der Waals surface area contributed by atoms with Gasteiger partial charge in [0, 0.05) is 25.1 Å². The number of aliphatic hydroxyl groups excluding tert-OH is 1. The Bertz CT molecular complexity index is 550. The van der Waals surface area contributed by atoms with E-state index in [4.69, 9.17) is 9.52 Å². The summed E-state index contributed by atoms with van der Waals surface area (Å²) in [5.74, 6) is 1.61. The first-order valence-electron chi connectivity index (χ1n) is 8.24. The van der Waals surface area contributed by atoms with Crippen LogP contribution in [-0.2, 0) is 13.0 Å². The minimum Gasteiger partial charge on any atom is -0.469 e. The van der Waals surface area contributed by atoms with E-state index >= 15 is 0 Å². The Morgan fingerprint density at radius 3 is 3.09 bits per heavy atom. The van der Waals surface area contributed by atoms with E-state index in [1.165, 1.54) is 25.1 Å². The van der Waals surface area contributed by atoms with Crippen molar-refractivity contribution >= 4 is 0 Å². The van der Waals surface area contributed by atoms with Crippen LogP contribution in [0.3, 0.4) is 0 Å². The minimum atomic E-state index is 0.144. The minimum absolute atomic E-state index is 0.144. The third-order valence-corrected chi connectivity index (χ3v) is 4.39. The van der Waals surface area contributed by atoms with E-state index in [0.717, 1.165) is 31.7 Å². The summed E-state index contributed by atoms with van der Waals surface area (Å²) in [6.45, 7) is 4.12. The van der Waals surface area contributed by atoms with Crippen LogP contribution in [-0.4, -0.2) is 46.0 Å². The van der Waals surface area contributed by atoms with Crippen molar-refractivity contribution in [2.75, 3.05) is 26.2 Å². The van der Waals surface area contributed by atoms with Gasteiger partial charge in [0.25, 0.3) is 0 Å². The number of furan rings is 1. The zero-order valence-corrected chi connectivity index (χ0v) is 13.0. The van der Waals surface area contributed by atoms with Crippen molar-refractivity contribution in [1.29, 1.82) is 0 Å². The molecule has 5 heteroatoms. The molecule has 22 heavy (non-hydrogen) atoms. The molecule has 0 aromatic carbocycles. The molecule has 3 rings (SSSR count). The van der Waals surface area contributed by atoms with Crippen LogP contribution in [0.1, 0.15) is 36.6 Å². The number of aryl methyl sites for hydroxylation is 1. The van der Waals surface area contributed by atoms with Crippen LogP contribution >= 0.6 is 0 Å². The molecule has 2 aromatic rings. The predicted molar refractivity (Wildman–Crippen MR) is 84.8 cm³/mol. The second kappa shape index (κ2) is 7.61. The Labute approximate surface area is 131 Å². The Morgan fingerprint density at radius 2 is 2.27 bits per heavy atom. The van der Waals surface area contributed by atoms with Crippen LogP contribution in [0.4, 0.5) is 0 Å². The van der Waals surface area contributed by atoms with Crippen molar-refractivity contribution in [2.24, 2.45) is 0 Å². The highest BCUT2D eigenvalue weighted by Crippen LogP contribution is 2.25. The van der Waals surface area contributed by atoms with Gasteiger partial charge < -0.3 is 14.4 Å². The summed E-state index contributed by atoms with van der Waals surface area (Å²) in [7, 11) is 0. The topological polar surface area (TPSA) is 54.4 Å². The van der Waals surface area contributed by atoms with Crippen LogP contribution in [0.2, 0.25) is 0 Å². The van der Waals surface area contributed by atoms with E-state index in [1.807, 2.05) is 23.0 Å². The molecule has 1 N–H and O–H groups in total. The maximum Gasteiger partial charge on any atom is 0.103 e. The van der Waals surface area contributed by atoms with Gasteiger partial charge in [-0.3, -0.25) is 4.68 Å². The summed E-state index contributed by atoms with van der Waals surface area (Å²) < 4.78 is 7.23. The van der Waals surface area contributed by atoms with Crippen molar-refractivity contribution in [1.82, 2.24) is 14.7 Å². The smallest absolute Gasteiger partial charge is 0.103 e. The van der Waals surface area contributed by atoms with Crippen molar-refractivity contribution in [3.63, 3.8) is 0 Å². The Hall–Kier alpha value is -1.59. The van der Waals surface area contributed by atoms with Gasteiger partial charge in [-0.15, -0.1) is 0 Å². The zero-order chi connectivity index (χ0) is 15.2. The first-order valence-corrected chi connectivity index (χ1v) is 8.24. The molecule has 120 valence electrons. The predicted octanol–water partition coefficient (Wildman–Crippen LogP) is 2.28. The van der Waals surface area contributed by atoms with Crippen molar-refractivity contribution in [3.05, 3.63) is 42.1 Å². The molecule has 1 atom stereocenters. The summed E-state index contributed by atoms with van der Waals surface area (Å²) in [5.41, 5.74) is 1.17. The van der Waals surface area contributed by atoms with Gasteiger partial charge in [0.05, 0.1) is 25.1 Å². The Morgan fingerprint density at radius 1 is 1.32 bits per heavy atom. The van der Waals surface area contributed by atoms with E-state index < -0.39 is 0 Å². The van der Waals surface area contributed by atoms with Gasteiger partial charge in [0.15, 0.2) is 0 Å². The molecule has 0 bridgehead atoms. The number of likely N-dealkylation sites (tertiary alicyclic amines) is 1. The highest BCUT2D eigenvalue weighted by Gasteiger charge is 2.22. The maximum atomic E-state index is 8.98. The normalized spacial score (nSPS) is 19.6. The molecular formula is C17H25N3O2. The first kappa shape index (κ1) is 15.3. The molecule has 1 aliphatic heterocycles. The highest BCUT2D eigenvalue weighted by molar-refractivity contribution is 5.08. The second-order valence-electron chi connectivity index (χ2n) is 6.05. The van der Waals surface area contributed by atoms with Crippen LogP contribution in [0.5, 0.6) is 0 Å². The monoisotopic (exact) mass is 303 g/mol. The zero-order valence-electron chi connectivity index (χ0n) is 13.0. The van der Waals surface area contributed by atoms with Crippen LogP contribution < -0.4 is 0 Å². The second-order valence-corrected chi connectivity index (χ2v) is 6.05. The Balaban J connectivity index is 1.48. The molecule has 1 aliphatic rings. The SMILES string of the molecule is OCCn1ccc([C@H]2CCCN(CCCc3ccco3)C2)n1. The molecule has 3 heterocycles. The summed E-state index contributed by atoms with van der Waals surface area (Å²) in [6.07, 6.45) is 8.32. The van der Waals surface area contributed by atoms with E-state index in [2.05, 4.69) is 16.1 Å². The largest absolute Gasteiger partial charge is 0.469 e. The standard InChI is InChI=1S/C17H25N3O2/c21-12-11-20-10-7-17(18-20)15-4-1-8-19(14-15)9-2-5-16-6-3-13-22-16/h3,6-7,10,13,15,21H,1-2,4-5,8-9,11-12,14H2/t15-/m0/s1. The summed E-state index contributed by atoms with van der Waals surface area (Å²) in [6, 6.07) is 6.11. The molecule has 0 aliphatic carbocycles. The lowest BCUT2D eigenvalue weighted by Gasteiger charge is -2.31. The number of piperidine rings is 1. The molecule has 0 unspecified atom stereocenters. The number of hydrogen-bond acceptors (Lipinski definition) is 4. The lowest BCUT2D eigenvalue weighted by atomic mass is 9.95. The number of aliphatic hydroxyl groups is 1. The summed E-state index contributed by atoms with van der Waals surface area (Å²) in [4.78, 5) is 2.54. The molecule has 1 saturated heterocycles. The lowest BCUT2D eigenvalue weighted by molar-refractivity contribution is 0.202. The molecule has 5 nitrogen and oxygen atoms in total. The van der Waals surface area contributed by atoms with Crippen molar-refractivity contribution in [2.45, 2.75) is 38.1 Å². The van der Waals surface area contributed by atoms with E-state index in [9.17, 15) is 0 Å². The molecule has 0 radical (unpaired) electrons. The molecule has 0 spiro atoms. The van der Waals surface area contributed by atoms with Gasteiger partial charge in [0.1, 0.15) is 5.76 Å². The number of aromatic nitrogens is 2. The van der Waals surface area contributed by atoms with E-state index in [0.29, 0.717) is 12.5 Å². The molecule has 0 saturated carbocycles. The van der Waals surface area contributed by atoms with Crippen LogP contribution in [0, 0.1) is 0 Å². The van der Waals surface area contributed by atoms with Crippen LogP contribution in [0.15, 0.2) is 35.1 Å². The average molecular weight is 303 g/mol. The van der Waals surface area contributed by atoms with Gasteiger partial charge in [-0.25, -0.2) is 0 Å². The van der Waals surface area contributed by atoms with Gasteiger partial charge >= 0.3 is 0 Å². The quantitative estimate of drug-likeness (QED) is 0.852. The van der Waals surface area contributed by atoms with E-state index in [1.54, 1.807) is 6.26 Å². The van der Waals surface area contributed by atoms with Crippen LogP contribution in [0.25, 0.3) is 0 Å². The molecule has 0 amide bonds.